The molecule has 1 N–H and O–H groups in total. The number of amides is 2. The Morgan fingerprint density at radius 2 is 1.57 bits per heavy atom. The lowest BCUT2D eigenvalue weighted by atomic mass is 10.1. The average Bonchev–Trinajstić information content (AvgIpc) is 2.94. The molecule has 0 fully saturated rings. The molecule has 1 atom stereocenters. The van der Waals surface area contributed by atoms with Gasteiger partial charge in [0.2, 0.25) is 11.8 Å². The SMILES string of the molecule is COc1ccc(N(CC(=O)N(Cc2ccc(Cl)cc2Cl)C(C)C(=O)NC(C)(C)C)S(=O)(=O)c2ccccc2)cc1OC. The van der Waals surface area contributed by atoms with E-state index in [0.29, 0.717) is 21.4 Å². The van der Waals surface area contributed by atoms with Crippen molar-refractivity contribution in [2.75, 3.05) is 25.1 Å². The third-order valence-corrected chi connectivity index (χ3v) is 8.66. The van der Waals surface area contributed by atoms with Crippen molar-refractivity contribution in [3.05, 3.63) is 82.3 Å². The van der Waals surface area contributed by atoms with Crippen LogP contribution < -0.4 is 19.1 Å². The summed E-state index contributed by atoms with van der Waals surface area (Å²) >= 11 is 12.5. The van der Waals surface area contributed by atoms with Crippen LogP contribution in [0.5, 0.6) is 11.5 Å². The molecule has 0 radical (unpaired) electrons. The maximum Gasteiger partial charge on any atom is 0.264 e. The summed E-state index contributed by atoms with van der Waals surface area (Å²) in [5, 5.41) is 3.60. The fraction of sp³-hybridized carbons (Fsp3) is 0.333. The highest BCUT2D eigenvalue weighted by Gasteiger charge is 2.34. The van der Waals surface area contributed by atoms with Gasteiger partial charge in [0, 0.05) is 28.2 Å². The Morgan fingerprint density at radius 3 is 2.14 bits per heavy atom. The van der Waals surface area contributed by atoms with Crippen molar-refractivity contribution in [3.63, 3.8) is 0 Å². The molecule has 42 heavy (non-hydrogen) atoms. The summed E-state index contributed by atoms with van der Waals surface area (Å²) in [6.45, 7) is 6.36. The van der Waals surface area contributed by atoms with Crippen molar-refractivity contribution in [2.45, 2.75) is 50.7 Å². The molecule has 0 bridgehead atoms. The normalized spacial score (nSPS) is 12.3. The lowest BCUT2D eigenvalue weighted by molar-refractivity contribution is -0.140. The third-order valence-electron chi connectivity index (χ3n) is 6.29. The van der Waals surface area contributed by atoms with Gasteiger partial charge in [-0.3, -0.25) is 13.9 Å². The number of nitrogens with one attached hydrogen (secondary N) is 1. The number of hydrogen-bond acceptors (Lipinski definition) is 6. The van der Waals surface area contributed by atoms with E-state index < -0.39 is 40.0 Å². The number of anilines is 1. The number of carbonyl (C=O) groups excluding carboxylic acids is 2. The van der Waals surface area contributed by atoms with E-state index in [2.05, 4.69) is 5.32 Å². The van der Waals surface area contributed by atoms with Crippen LogP contribution in [0.25, 0.3) is 0 Å². The first kappa shape index (κ1) is 33.0. The monoisotopic (exact) mass is 635 g/mol. The number of rotatable bonds is 11. The molecular weight excluding hydrogens is 601 g/mol. The number of benzene rings is 3. The first-order chi connectivity index (χ1) is 19.7. The summed E-state index contributed by atoms with van der Waals surface area (Å²) in [4.78, 5) is 28.6. The number of sulfonamides is 1. The fourth-order valence-electron chi connectivity index (χ4n) is 4.12. The first-order valence-corrected chi connectivity index (χ1v) is 15.2. The Hall–Kier alpha value is -3.47. The van der Waals surface area contributed by atoms with E-state index in [9.17, 15) is 18.0 Å². The van der Waals surface area contributed by atoms with E-state index in [1.165, 1.54) is 49.5 Å². The minimum absolute atomic E-state index is 0.0154. The summed E-state index contributed by atoms with van der Waals surface area (Å²) < 4.78 is 39.6. The lowest BCUT2D eigenvalue weighted by Crippen LogP contribution is -2.54. The van der Waals surface area contributed by atoms with E-state index in [0.717, 1.165) is 4.31 Å². The number of methoxy groups -OCH3 is 2. The zero-order valence-electron chi connectivity index (χ0n) is 24.4. The molecule has 12 heteroatoms. The molecule has 3 aromatic rings. The lowest BCUT2D eigenvalue weighted by Gasteiger charge is -2.33. The van der Waals surface area contributed by atoms with Crippen LogP contribution in [-0.4, -0.2) is 57.5 Å². The Balaban J connectivity index is 2.11. The van der Waals surface area contributed by atoms with Crippen molar-refractivity contribution in [1.82, 2.24) is 10.2 Å². The molecule has 0 spiro atoms. The van der Waals surface area contributed by atoms with E-state index in [1.807, 2.05) is 20.8 Å². The van der Waals surface area contributed by atoms with Crippen molar-refractivity contribution < 1.29 is 27.5 Å². The van der Waals surface area contributed by atoms with Gasteiger partial charge in [-0.2, -0.15) is 0 Å². The summed E-state index contributed by atoms with van der Waals surface area (Å²) in [5.74, 6) is -0.383. The molecule has 3 aromatic carbocycles. The van der Waals surface area contributed by atoms with Crippen molar-refractivity contribution in [2.24, 2.45) is 0 Å². The molecule has 9 nitrogen and oxygen atoms in total. The molecule has 0 saturated carbocycles. The van der Waals surface area contributed by atoms with Gasteiger partial charge in [0.05, 0.1) is 24.8 Å². The summed E-state index contributed by atoms with van der Waals surface area (Å²) in [7, 11) is -1.36. The van der Waals surface area contributed by atoms with Gasteiger partial charge < -0.3 is 19.7 Å². The fourth-order valence-corrected chi connectivity index (χ4v) is 6.01. The summed E-state index contributed by atoms with van der Waals surface area (Å²) in [5.41, 5.74) is 0.134. The van der Waals surface area contributed by atoms with Crippen LogP contribution in [0.15, 0.2) is 71.6 Å². The molecule has 1 unspecified atom stereocenters. The number of nitrogens with zero attached hydrogens (tertiary/aromatic N) is 2. The Kier molecular flexibility index (Phi) is 10.8. The van der Waals surface area contributed by atoms with Crippen LogP contribution >= 0.6 is 23.2 Å². The molecule has 3 rings (SSSR count). The van der Waals surface area contributed by atoms with Gasteiger partial charge in [0.25, 0.3) is 10.0 Å². The maximum absolute atomic E-state index is 14.1. The minimum Gasteiger partial charge on any atom is -0.493 e. The molecular formula is C30H35Cl2N3O6S. The standard InChI is InChI=1S/C30H35Cl2N3O6S/c1-20(29(37)33-30(2,3)4)34(18-21-12-13-22(31)16-25(21)32)28(36)19-35(42(38,39)24-10-8-7-9-11-24)23-14-15-26(40-5)27(17-23)41-6/h7-17,20H,18-19H2,1-6H3,(H,33,37). The predicted octanol–water partition coefficient (Wildman–Crippen LogP) is 5.54. The largest absolute Gasteiger partial charge is 0.493 e. The molecule has 2 amide bonds. The van der Waals surface area contributed by atoms with Crippen LogP contribution in [-0.2, 0) is 26.2 Å². The van der Waals surface area contributed by atoms with Gasteiger partial charge in [0.15, 0.2) is 11.5 Å². The maximum atomic E-state index is 14.1. The van der Waals surface area contributed by atoms with Gasteiger partial charge in [-0.1, -0.05) is 47.5 Å². The summed E-state index contributed by atoms with van der Waals surface area (Å²) in [6, 6.07) is 16.2. The van der Waals surface area contributed by atoms with E-state index in [4.69, 9.17) is 32.7 Å². The van der Waals surface area contributed by atoms with Crippen LogP contribution in [0.3, 0.4) is 0 Å². The quantitative estimate of drug-likeness (QED) is 0.297. The Labute approximate surface area is 257 Å². The van der Waals surface area contributed by atoms with Gasteiger partial charge in [-0.15, -0.1) is 0 Å². The molecule has 0 aromatic heterocycles. The molecule has 226 valence electrons. The molecule has 0 aliphatic carbocycles. The zero-order valence-corrected chi connectivity index (χ0v) is 26.7. The number of hydrogen-bond donors (Lipinski definition) is 1. The van der Waals surface area contributed by atoms with Crippen LogP contribution in [0.4, 0.5) is 5.69 Å². The van der Waals surface area contributed by atoms with Crippen LogP contribution in [0.1, 0.15) is 33.3 Å². The van der Waals surface area contributed by atoms with E-state index >= 15 is 0 Å². The van der Waals surface area contributed by atoms with Crippen LogP contribution in [0, 0.1) is 0 Å². The highest BCUT2D eigenvalue weighted by Crippen LogP contribution is 2.34. The first-order valence-electron chi connectivity index (χ1n) is 13.0. The molecule has 0 aliphatic rings. The molecule has 0 saturated heterocycles. The number of ether oxygens (including phenoxy) is 2. The smallest absolute Gasteiger partial charge is 0.264 e. The van der Waals surface area contributed by atoms with Crippen molar-refractivity contribution in [3.8, 4) is 11.5 Å². The number of carbonyl (C=O) groups is 2. The summed E-state index contributed by atoms with van der Waals surface area (Å²) in [6.07, 6.45) is 0. The van der Waals surface area contributed by atoms with Gasteiger partial charge in [0.1, 0.15) is 12.6 Å². The van der Waals surface area contributed by atoms with Crippen molar-refractivity contribution >= 4 is 50.7 Å². The highest BCUT2D eigenvalue weighted by atomic mass is 35.5. The topological polar surface area (TPSA) is 105 Å². The van der Waals surface area contributed by atoms with E-state index in [-0.39, 0.29) is 22.9 Å². The minimum atomic E-state index is -4.24. The Morgan fingerprint density at radius 1 is 0.929 bits per heavy atom. The average molecular weight is 637 g/mol. The second kappa shape index (κ2) is 13.7. The zero-order chi connectivity index (χ0) is 31.2. The van der Waals surface area contributed by atoms with Crippen LogP contribution in [0.2, 0.25) is 10.0 Å². The second-order valence-electron chi connectivity index (χ2n) is 10.5. The van der Waals surface area contributed by atoms with Crippen molar-refractivity contribution in [1.29, 1.82) is 0 Å². The Bertz CT molecular complexity index is 1530. The second-order valence-corrected chi connectivity index (χ2v) is 13.2. The molecule has 0 heterocycles. The predicted molar refractivity (Wildman–Crippen MR) is 165 cm³/mol. The highest BCUT2D eigenvalue weighted by molar-refractivity contribution is 7.92. The number of halogens is 2. The third kappa shape index (κ3) is 8.08. The molecule has 0 aliphatic heterocycles. The van der Waals surface area contributed by atoms with Gasteiger partial charge >= 0.3 is 0 Å². The van der Waals surface area contributed by atoms with E-state index in [1.54, 1.807) is 43.3 Å². The van der Waals surface area contributed by atoms with Gasteiger partial charge in [-0.25, -0.2) is 8.42 Å². The van der Waals surface area contributed by atoms with Gasteiger partial charge in [-0.05, 0) is 69.7 Å².